The lowest BCUT2D eigenvalue weighted by molar-refractivity contribution is 0.571. The molecule has 0 bridgehead atoms. The molecule has 0 spiro atoms. The van der Waals surface area contributed by atoms with Crippen LogP contribution in [0.25, 0.3) is 0 Å². The largest absolute Gasteiger partial charge is 0.324 e. The van der Waals surface area contributed by atoms with Gasteiger partial charge in [-0.2, -0.15) is 0 Å². The number of aryl methyl sites for hydroxylation is 1. The lowest BCUT2D eigenvalue weighted by atomic mass is 9.98. The maximum absolute atomic E-state index is 13.9. The molecule has 0 saturated heterocycles. The molecule has 2 N–H and O–H groups in total. The van der Waals surface area contributed by atoms with Gasteiger partial charge in [0.2, 0.25) is 0 Å². The number of hydrogen-bond donors (Lipinski definition) is 1. The molecule has 1 atom stereocenters. The van der Waals surface area contributed by atoms with Crippen molar-refractivity contribution in [1.29, 1.82) is 0 Å². The fourth-order valence-electron chi connectivity index (χ4n) is 1.98. The van der Waals surface area contributed by atoms with Gasteiger partial charge in [0.15, 0.2) is 0 Å². The van der Waals surface area contributed by atoms with E-state index in [0.29, 0.717) is 17.5 Å². The van der Waals surface area contributed by atoms with Crippen LogP contribution in [0.3, 0.4) is 0 Å². The van der Waals surface area contributed by atoms with E-state index in [2.05, 4.69) is 0 Å². The smallest absolute Gasteiger partial charge is 0.130 e. The van der Waals surface area contributed by atoms with Gasteiger partial charge in [-0.15, -0.1) is 0 Å². The van der Waals surface area contributed by atoms with Gasteiger partial charge in [0.1, 0.15) is 11.6 Å². The van der Waals surface area contributed by atoms with Crippen LogP contribution in [0.2, 0.25) is 0 Å². The van der Waals surface area contributed by atoms with E-state index in [1.807, 2.05) is 0 Å². The Labute approximate surface area is 105 Å². The summed E-state index contributed by atoms with van der Waals surface area (Å²) in [6.07, 6.45) is 0.415. The number of halogens is 2. The van der Waals surface area contributed by atoms with E-state index >= 15 is 0 Å². The van der Waals surface area contributed by atoms with Crippen LogP contribution in [0, 0.1) is 18.6 Å². The van der Waals surface area contributed by atoms with Crippen LogP contribution >= 0.6 is 0 Å². The monoisotopic (exact) mass is 247 g/mol. The average Bonchev–Trinajstić information content (AvgIpc) is 2.32. The van der Waals surface area contributed by atoms with Crippen LogP contribution in [0.4, 0.5) is 8.78 Å². The zero-order valence-corrected chi connectivity index (χ0v) is 10.2. The second-order valence-corrected chi connectivity index (χ2v) is 4.42. The Balaban J connectivity index is 2.22. The standard InChI is InChI=1S/C15H15F2N/c1-10-4-2-7-13(15(10)17)14(18)9-11-5-3-6-12(16)8-11/h2-8,14H,9,18H2,1H3. The van der Waals surface area contributed by atoms with Crippen molar-refractivity contribution < 1.29 is 8.78 Å². The second-order valence-electron chi connectivity index (χ2n) is 4.42. The Bertz CT molecular complexity index is 552. The first-order chi connectivity index (χ1) is 8.58. The highest BCUT2D eigenvalue weighted by atomic mass is 19.1. The molecule has 2 aromatic carbocycles. The first-order valence-electron chi connectivity index (χ1n) is 5.83. The van der Waals surface area contributed by atoms with Gasteiger partial charge < -0.3 is 5.73 Å². The van der Waals surface area contributed by atoms with E-state index in [1.54, 1.807) is 37.3 Å². The highest BCUT2D eigenvalue weighted by Gasteiger charge is 2.13. The molecule has 1 nitrogen and oxygen atoms in total. The summed E-state index contributed by atoms with van der Waals surface area (Å²) >= 11 is 0. The third-order valence-electron chi connectivity index (χ3n) is 2.97. The lowest BCUT2D eigenvalue weighted by Gasteiger charge is -2.14. The molecule has 2 aromatic rings. The van der Waals surface area contributed by atoms with Crippen molar-refractivity contribution in [3.05, 3.63) is 70.8 Å². The number of hydrogen-bond acceptors (Lipinski definition) is 1. The molecule has 1 unspecified atom stereocenters. The molecule has 0 aromatic heterocycles. The minimum absolute atomic E-state index is 0.276. The first-order valence-corrected chi connectivity index (χ1v) is 5.83. The topological polar surface area (TPSA) is 26.0 Å². The van der Waals surface area contributed by atoms with E-state index in [4.69, 9.17) is 5.73 Å². The summed E-state index contributed by atoms with van der Waals surface area (Å²) in [5.41, 5.74) is 7.79. The fraction of sp³-hybridized carbons (Fsp3) is 0.200. The molecule has 0 radical (unpaired) electrons. The summed E-state index contributed by atoms with van der Waals surface area (Å²) in [5, 5.41) is 0. The molecule has 2 rings (SSSR count). The van der Waals surface area contributed by atoms with Crippen molar-refractivity contribution in [2.75, 3.05) is 0 Å². The predicted octanol–water partition coefficient (Wildman–Crippen LogP) is 3.52. The molecule has 94 valence electrons. The van der Waals surface area contributed by atoms with Gasteiger partial charge in [-0.05, 0) is 36.6 Å². The van der Waals surface area contributed by atoms with E-state index < -0.39 is 6.04 Å². The molecule has 18 heavy (non-hydrogen) atoms. The highest BCUT2D eigenvalue weighted by molar-refractivity contribution is 5.29. The van der Waals surface area contributed by atoms with Gasteiger partial charge in [-0.25, -0.2) is 8.78 Å². The molecule has 0 aliphatic carbocycles. The van der Waals surface area contributed by atoms with Crippen molar-refractivity contribution in [1.82, 2.24) is 0 Å². The van der Waals surface area contributed by atoms with Crippen molar-refractivity contribution in [3.8, 4) is 0 Å². The van der Waals surface area contributed by atoms with E-state index in [0.717, 1.165) is 5.56 Å². The number of benzene rings is 2. The Kier molecular flexibility index (Phi) is 3.72. The Morgan fingerprint density at radius 2 is 1.83 bits per heavy atom. The number of rotatable bonds is 3. The van der Waals surface area contributed by atoms with Crippen LogP contribution in [-0.4, -0.2) is 0 Å². The minimum atomic E-state index is -0.466. The molecule has 0 saturated carbocycles. The Morgan fingerprint density at radius 3 is 2.56 bits per heavy atom. The molecule has 0 aliphatic rings. The molecule has 0 fully saturated rings. The second kappa shape index (κ2) is 5.27. The first kappa shape index (κ1) is 12.7. The molecule has 0 heterocycles. The van der Waals surface area contributed by atoms with Gasteiger partial charge in [0, 0.05) is 11.6 Å². The molecule has 3 heteroatoms. The Morgan fingerprint density at radius 1 is 1.11 bits per heavy atom. The summed E-state index contributed by atoms with van der Waals surface area (Å²) in [6.45, 7) is 1.70. The molecule has 0 aliphatic heterocycles. The summed E-state index contributed by atoms with van der Waals surface area (Å²) in [4.78, 5) is 0. The van der Waals surface area contributed by atoms with Gasteiger partial charge in [-0.1, -0.05) is 30.3 Å². The lowest BCUT2D eigenvalue weighted by Crippen LogP contribution is -2.15. The zero-order chi connectivity index (χ0) is 13.1. The van der Waals surface area contributed by atoms with E-state index in [9.17, 15) is 8.78 Å². The summed E-state index contributed by atoms with van der Waals surface area (Å²) in [7, 11) is 0. The minimum Gasteiger partial charge on any atom is -0.324 e. The van der Waals surface area contributed by atoms with Crippen LogP contribution < -0.4 is 5.73 Å². The fourth-order valence-corrected chi connectivity index (χ4v) is 1.98. The van der Waals surface area contributed by atoms with Gasteiger partial charge in [-0.3, -0.25) is 0 Å². The maximum Gasteiger partial charge on any atom is 0.130 e. The van der Waals surface area contributed by atoms with Gasteiger partial charge in [0.05, 0.1) is 0 Å². The number of nitrogens with two attached hydrogens (primary N) is 1. The van der Waals surface area contributed by atoms with E-state index in [-0.39, 0.29) is 11.6 Å². The summed E-state index contributed by atoms with van der Waals surface area (Å²) in [5.74, 6) is -0.578. The summed E-state index contributed by atoms with van der Waals surface area (Å²) < 4.78 is 26.9. The highest BCUT2D eigenvalue weighted by Crippen LogP contribution is 2.21. The Hall–Kier alpha value is -1.74. The molecule has 0 amide bonds. The van der Waals surface area contributed by atoms with Crippen LogP contribution in [0.1, 0.15) is 22.7 Å². The maximum atomic E-state index is 13.9. The van der Waals surface area contributed by atoms with Crippen LogP contribution in [-0.2, 0) is 6.42 Å². The van der Waals surface area contributed by atoms with E-state index in [1.165, 1.54) is 12.1 Å². The van der Waals surface area contributed by atoms with Crippen LogP contribution in [0.5, 0.6) is 0 Å². The molecular weight excluding hydrogens is 232 g/mol. The van der Waals surface area contributed by atoms with Crippen molar-refractivity contribution in [2.45, 2.75) is 19.4 Å². The van der Waals surface area contributed by atoms with Crippen molar-refractivity contribution >= 4 is 0 Å². The molecular formula is C15H15F2N. The predicted molar refractivity (Wildman–Crippen MR) is 68.2 cm³/mol. The average molecular weight is 247 g/mol. The quantitative estimate of drug-likeness (QED) is 0.882. The SMILES string of the molecule is Cc1cccc(C(N)Cc2cccc(F)c2)c1F. The van der Waals surface area contributed by atoms with Crippen molar-refractivity contribution in [3.63, 3.8) is 0 Å². The van der Waals surface area contributed by atoms with Crippen molar-refractivity contribution in [2.24, 2.45) is 5.73 Å². The normalized spacial score (nSPS) is 12.4. The third-order valence-corrected chi connectivity index (χ3v) is 2.97. The summed E-state index contributed by atoms with van der Waals surface area (Å²) in [6, 6.07) is 10.9. The third kappa shape index (κ3) is 2.74. The van der Waals surface area contributed by atoms with Crippen LogP contribution in [0.15, 0.2) is 42.5 Å². The van der Waals surface area contributed by atoms with Gasteiger partial charge in [0.25, 0.3) is 0 Å². The van der Waals surface area contributed by atoms with Gasteiger partial charge >= 0.3 is 0 Å². The zero-order valence-electron chi connectivity index (χ0n) is 10.2.